The number of aromatic amines is 1. The van der Waals surface area contributed by atoms with E-state index >= 15 is 0 Å². The van der Waals surface area contributed by atoms with Gasteiger partial charge in [-0.1, -0.05) is 19.9 Å². The number of aromatic nitrogens is 5. The lowest BCUT2D eigenvalue weighted by Gasteiger charge is -2.38. The van der Waals surface area contributed by atoms with Crippen LogP contribution in [0.25, 0.3) is 17.2 Å². The summed E-state index contributed by atoms with van der Waals surface area (Å²) in [5.74, 6) is 3.02. The lowest BCUT2D eigenvalue weighted by molar-refractivity contribution is -0.109. The Kier molecular flexibility index (Phi) is 4.43. The maximum atomic E-state index is 10.7. The number of carbonyl (C=O) groups excluding carboxylic acids is 1. The van der Waals surface area contributed by atoms with E-state index in [1.807, 2.05) is 10.7 Å². The third-order valence-electron chi connectivity index (χ3n) is 5.63. The molecule has 3 aromatic rings. The van der Waals surface area contributed by atoms with Crippen molar-refractivity contribution >= 4 is 6.29 Å². The number of aldehydes is 1. The second-order valence-electron chi connectivity index (χ2n) is 8.04. The topological polar surface area (TPSA) is 88.9 Å². The second-order valence-corrected chi connectivity index (χ2v) is 8.04. The fraction of sp³-hybridized carbons (Fsp3) is 0.429. The Bertz CT molecular complexity index is 1050. The van der Waals surface area contributed by atoms with Crippen LogP contribution < -0.4 is 4.74 Å². The zero-order valence-corrected chi connectivity index (χ0v) is 16.6. The van der Waals surface area contributed by atoms with Crippen LogP contribution >= 0.6 is 0 Å². The van der Waals surface area contributed by atoms with Crippen molar-refractivity contribution in [3.63, 3.8) is 0 Å². The van der Waals surface area contributed by atoms with Crippen molar-refractivity contribution in [2.75, 3.05) is 26.2 Å². The molecule has 8 nitrogen and oxygen atoms in total. The van der Waals surface area contributed by atoms with E-state index in [2.05, 4.69) is 52.1 Å². The molecule has 2 aliphatic heterocycles. The second kappa shape index (κ2) is 7.11. The summed E-state index contributed by atoms with van der Waals surface area (Å²) in [6.07, 6.45) is 1.74. The average molecular weight is 392 g/mol. The summed E-state index contributed by atoms with van der Waals surface area (Å²) < 4.78 is 7.94. The minimum atomic E-state index is 0.262. The normalized spacial score (nSPS) is 16.7. The predicted molar refractivity (Wildman–Crippen MR) is 107 cm³/mol. The molecule has 1 aromatic carbocycles. The molecule has 2 aromatic heterocycles. The Labute approximate surface area is 168 Å². The fourth-order valence-electron chi connectivity index (χ4n) is 3.95. The first-order chi connectivity index (χ1) is 14.1. The first-order valence-electron chi connectivity index (χ1n) is 10.1. The van der Waals surface area contributed by atoms with Gasteiger partial charge in [-0.05, 0) is 23.8 Å². The summed E-state index contributed by atoms with van der Waals surface area (Å²) in [5, 5.41) is 12.1. The van der Waals surface area contributed by atoms with Crippen molar-refractivity contribution in [2.45, 2.75) is 32.1 Å². The molecule has 0 amide bonds. The summed E-state index contributed by atoms with van der Waals surface area (Å²) in [4.78, 5) is 17.4. The van der Waals surface area contributed by atoms with E-state index in [4.69, 9.17) is 9.84 Å². The standard InChI is InChI=1S/C21H24N6O2/c1-13(2)20-22-21(24-23-20)17-10-16-5-8-29-19-4-3-14(9-18(19)27(16)25-17)15-11-26(12-15)6-7-28/h3-4,7,9-10,13,15H,5-6,8,11-12H2,1-2H3,(H,22,23,24). The highest BCUT2D eigenvalue weighted by Crippen LogP contribution is 2.34. The summed E-state index contributed by atoms with van der Waals surface area (Å²) in [6.45, 7) is 7.08. The molecule has 0 saturated carbocycles. The number of ether oxygens (including phenoxy) is 1. The van der Waals surface area contributed by atoms with E-state index < -0.39 is 0 Å². The van der Waals surface area contributed by atoms with Gasteiger partial charge in [0.2, 0.25) is 0 Å². The fourth-order valence-corrected chi connectivity index (χ4v) is 3.95. The van der Waals surface area contributed by atoms with Gasteiger partial charge >= 0.3 is 0 Å². The maximum absolute atomic E-state index is 10.7. The monoisotopic (exact) mass is 392 g/mol. The van der Waals surface area contributed by atoms with Crippen molar-refractivity contribution in [2.24, 2.45) is 0 Å². The number of hydrogen-bond donors (Lipinski definition) is 1. The van der Waals surface area contributed by atoms with Crippen molar-refractivity contribution < 1.29 is 9.53 Å². The summed E-state index contributed by atoms with van der Waals surface area (Å²) >= 11 is 0. The first-order valence-corrected chi connectivity index (χ1v) is 10.1. The Morgan fingerprint density at radius 1 is 1.31 bits per heavy atom. The van der Waals surface area contributed by atoms with E-state index in [0.29, 0.717) is 24.9 Å². The van der Waals surface area contributed by atoms with Crippen molar-refractivity contribution in [1.29, 1.82) is 0 Å². The summed E-state index contributed by atoms with van der Waals surface area (Å²) in [5.41, 5.74) is 4.09. The SMILES string of the molecule is CC(C)c1n[nH]c(-c2cc3n(n2)-c2cc(C4CN(CC=O)C4)ccc2OCC3)n1. The third kappa shape index (κ3) is 3.23. The van der Waals surface area contributed by atoms with Crippen molar-refractivity contribution in [3.05, 3.63) is 41.3 Å². The number of H-pyrrole nitrogens is 1. The summed E-state index contributed by atoms with van der Waals surface area (Å²) in [6, 6.07) is 8.39. The third-order valence-corrected chi connectivity index (χ3v) is 5.63. The Morgan fingerprint density at radius 2 is 2.17 bits per heavy atom. The lowest BCUT2D eigenvalue weighted by Crippen LogP contribution is -2.45. The number of likely N-dealkylation sites (tertiary alicyclic amines) is 1. The number of fused-ring (bicyclic) bond motifs is 3. The number of nitrogens with zero attached hydrogens (tertiary/aromatic N) is 5. The molecule has 0 bridgehead atoms. The van der Waals surface area contributed by atoms with Crippen molar-refractivity contribution in [3.8, 4) is 23.0 Å². The van der Waals surface area contributed by atoms with E-state index in [1.165, 1.54) is 5.56 Å². The first kappa shape index (κ1) is 18.1. The molecule has 29 heavy (non-hydrogen) atoms. The van der Waals surface area contributed by atoms with Crippen LogP contribution in [0.3, 0.4) is 0 Å². The molecule has 0 radical (unpaired) electrons. The molecule has 1 fully saturated rings. The van der Waals surface area contributed by atoms with Gasteiger partial charge in [-0.25, -0.2) is 9.67 Å². The molecule has 2 aliphatic rings. The van der Waals surface area contributed by atoms with Crippen LogP contribution in [-0.2, 0) is 11.2 Å². The van der Waals surface area contributed by atoms with Crippen LogP contribution in [0.15, 0.2) is 24.3 Å². The van der Waals surface area contributed by atoms with E-state index in [0.717, 1.165) is 54.4 Å². The Hall–Kier alpha value is -3.00. The predicted octanol–water partition coefficient (Wildman–Crippen LogP) is 2.31. The molecule has 0 aliphatic carbocycles. The minimum Gasteiger partial charge on any atom is -0.491 e. The smallest absolute Gasteiger partial charge is 0.176 e. The van der Waals surface area contributed by atoms with Crippen LogP contribution in [-0.4, -0.2) is 62.4 Å². The minimum absolute atomic E-state index is 0.262. The molecule has 1 N–H and O–H groups in total. The number of nitrogens with one attached hydrogen (secondary N) is 1. The van der Waals surface area contributed by atoms with Crippen LogP contribution in [0.4, 0.5) is 0 Å². The van der Waals surface area contributed by atoms with Crippen LogP contribution in [0.5, 0.6) is 5.75 Å². The molecule has 4 heterocycles. The summed E-state index contributed by atoms with van der Waals surface area (Å²) in [7, 11) is 0. The van der Waals surface area contributed by atoms with Gasteiger partial charge in [0.05, 0.1) is 13.2 Å². The molecule has 0 spiro atoms. The Balaban J connectivity index is 1.48. The highest BCUT2D eigenvalue weighted by atomic mass is 16.5. The quantitative estimate of drug-likeness (QED) is 0.671. The van der Waals surface area contributed by atoms with Gasteiger partial charge in [-0.2, -0.15) is 10.2 Å². The molecule has 150 valence electrons. The zero-order valence-electron chi connectivity index (χ0n) is 16.6. The highest BCUT2D eigenvalue weighted by Gasteiger charge is 2.29. The van der Waals surface area contributed by atoms with Gasteiger partial charge in [0, 0.05) is 37.0 Å². The van der Waals surface area contributed by atoms with Crippen LogP contribution in [0.2, 0.25) is 0 Å². The number of hydrogen-bond acceptors (Lipinski definition) is 6. The molecular formula is C21H24N6O2. The molecule has 8 heteroatoms. The highest BCUT2D eigenvalue weighted by molar-refractivity contribution is 5.56. The van der Waals surface area contributed by atoms with Gasteiger partial charge < -0.3 is 9.53 Å². The van der Waals surface area contributed by atoms with E-state index in [9.17, 15) is 4.79 Å². The Morgan fingerprint density at radius 3 is 2.93 bits per heavy atom. The number of rotatable bonds is 5. The zero-order chi connectivity index (χ0) is 20.0. The number of benzene rings is 1. The molecule has 1 saturated heterocycles. The van der Waals surface area contributed by atoms with Gasteiger partial charge in [0.25, 0.3) is 0 Å². The maximum Gasteiger partial charge on any atom is 0.176 e. The molecule has 0 atom stereocenters. The number of carbonyl (C=O) groups is 1. The lowest BCUT2D eigenvalue weighted by atomic mass is 9.91. The average Bonchev–Trinajstić information content (AvgIpc) is 3.29. The van der Waals surface area contributed by atoms with E-state index in [1.54, 1.807) is 0 Å². The van der Waals surface area contributed by atoms with Gasteiger partial charge in [-0.15, -0.1) is 0 Å². The largest absolute Gasteiger partial charge is 0.491 e. The molecular weight excluding hydrogens is 368 g/mol. The van der Waals surface area contributed by atoms with Gasteiger partial charge in [0.15, 0.2) is 11.6 Å². The molecule has 0 unspecified atom stereocenters. The van der Waals surface area contributed by atoms with Crippen LogP contribution in [0.1, 0.15) is 42.8 Å². The van der Waals surface area contributed by atoms with Gasteiger partial charge in [0.1, 0.15) is 23.4 Å². The van der Waals surface area contributed by atoms with Crippen LogP contribution in [0, 0.1) is 0 Å². The van der Waals surface area contributed by atoms with Crippen molar-refractivity contribution in [1.82, 2.24) is 29.9 Å². The molecule has 5 rings (SSSR count). The van der Waals surface area contributed by atoms with Gasteiger partial charge in [-0.3, -0.25) is 10.00 Å². The van der Waals surface area contributed by atoms with E-state index in [-0.39, 0.29) is 5.92 Å².